The average Bonchev–Trinajstić information content (AvgIpc) is 2.47. The minimum absolute atomic E-state index is 0.302. The molecule has 1 N–H and O–H groups in total. The molecule has 2 aliphatic rings. The molecule has 0 saturated heterocycles. The van der Waals surface area contributed by atoms with Crippen molar-refractivity contribution in [3.05, 3.63) is 0 Å². The predicted molar refractivity (Wildman–Crippen MR) is 61.4 cm³/mol. The molecule has 0 bridgehead atoms. The Morgan fingerprint density at radius 2 is 1.64 bits per heavy atom. The minimum atomic E-state index is 0.302. The van der Waals surface area contributed by atoms with Gasteiger partial charge in [-0.1, -0.05) is 19.3 Å². The lowest BCUT2D eigenvalue weighted by Gasteiger charge is -2.36. The minimum Gasteiger partial charge on any atom is -0.309 e. The van der Waals surface area contributed by atoms with E-state index >= 15 is 0 Å². The molecule has 2 fully saturated rings. The van der Waals surface area contributed by atoms with Crippen LogP contribution in [0.3, 0.4) is 0 Å². The van der Waals surface area contributed by atoms with Crippen LogP contribution < -0.4 is 5.32 Å². The smallest absolute Gasteiger partial charge is 0.00991 e. The Bertz CT molecular complexity index is 192. The molecule has 0 amide bonds. The van der Waals surface area contributed by atoms with Gasteiger partial charge in [-0.2, -0.15) is 0 Å². The van der Waals surface area contributed by atoms with Crippen molar-refractivity contribution in [2.24, 2.45) is 11.8 Å². The van der Waals surface area contributed by atoms with Gasteiger partial charge < -0.3 is 5.32 Å². The van der Waals surface area contributed by atoms with Gasteiger partial charge in [-0.25, -0.2) is 0 Å². The van der Waals surface area contributed by atoms with Gasteiger partial charge in [-0.05, 0) is 51.9 Å². The lowest BCUT2D eigenvalue weighted by atomic mass is 9.78. The van der Waals surface area contributed by atoms with Crippen LogP contribution in [-0.2, 0) is 0 Å². The van der Waals surface area contributed by atoms with E-state index in [1.54, 1.807) is 0 Å². The van der Waals surface area contributed by atoms with Gasteiger partial charge >= 0.3 is 0 Å². The summed E-state index contributed by atoms with van der Waals surface area (Å²) in [7, 11) is 0. The maximum atomic E-state index is 3.77. The van der Waals surface area contributed by atoms with Gasteiger partial charge in [0.1, 0.15) is 0 Å². The molecule has 2 aliphatic carbocycles. The molecule has 3 atom stereocenters. The first kappa shape index (κ1) is 10.5. The third-order valence-electron chi connectivity index (χ3n) is 3.93. The molecule has 0 heterocycles. The van der Waals surface area contributed by atoms with Crippen molar-refractivity contribution in [3.8, 4) is 0 Å². The summed E-state index contributed by atoms with van der Waals surface area (Å²) in [6, 6.07) is 0.800. The molecule has 0 spiro atoms. The second kappa shape index (κ2) is 3.84. The van der Waals surface area contributed by atoms with Crippen molar-refractivity contribution >= 4 is 0 Å². The molecule has 0 aromatic carbocycles. The molecule has 1 heteroatoms. The molecule has 3 unspecified atom stereocenters. The Morgan fingerprint density at radius 1 is 0.929 bits per heavy atom. The highest BCUT2D eigenvalue weighted by Crippen LogP contribution is 2.42. The van der Waals surface area contributed by atoms with Crippen LogP contribution in [0.25, 0.3) is 0 Å². The highest BCUT2D eigenvalue weighted by molar-refractivity contribution is 4.89. The number of rotatable bonds is 1. The quantitative estimate of drug-likeness (QED) is 0.676. The molecular weight excluding hydrogens is 170 g/mol. The van der Waals surface area contributed by atoms with Crippen molar-refractivity contribution in [2.45, 2.75) is 70.9 Å². The average molecular weight is 195 g/mol. The van der Waals surface area contributed by atoms with Gasteiger partial charge in [0.25, 0.3) is 0 Å². The van der Waals surface area contributed by atoms with Gasteiger partial charge in [-0.15, -0.1) is 0 Å². The van der Waals surface area contributed by atoms with E-state index < -0.39 is 0 Å². The number of hydrogen-bond donors (Lipinski definition) is 1. The normalized spacial score (nSPS) is 38.4. The largest absolute Gasteiger partial charge is 0.309 e. The van der Waals surface area contributed by atoms with E-state index in [9.17, 15) is 0 Å². The molecule has 0 aliphatic heterocycles. The lowest BCUT2D eigenvalue weighted by Crippen LogP contribution is -2.46. The van der Waals surface area contributed by atoms with Crippen molar-refractivity contribution in [1.82, 2.24) is 5.32 Å². The second-order valence-corrected chi connectivity index (χ2v) is 6.36. The van der Waals surface area contributed by atoms with Crippen molar-refractivity contribution < 1.29 is 0 Å². The first-order chi connectivity index (χ1) is 6.54. The highest BCUT2D eigenvalue weighted by Gasteiger charge is 2.34. The monoisotopic (exact) mass is 195 g/mol. The van der Waals surface area contributed by atoms with E-state index in [0.29, 0.717) is 5.54 Å². The zero-order valence-electron chi connectivity index (χ0n) is 9.97. The zero-order chi connectivity index (χ0) is 10.2. The standard InChI is InChI=1S/C13H25N/c1-13(2,3)14-12-8-7-10-5-4-6-11(10)9-12/h10-12,14H,4-9H2,1-3H3. The maximum absolute atomic E-state index is 3.77. The Hall–Kier alpha value is -0.0400. The van der Waals surface area contributed by atoms with Crippen LogP contribution in [0.15, 0.2) is 0 Å². The van der Waals surface area contributed by atoms with E-state index in [1.165, 1.54) is 38.5 Å². The Labute approximate surface area is 88.7 Å². The van der Waals surface area contributed by atoms with Gasteiger partial charge in [0, 0.05) is 11.6 Å². The van der Waals surface area contributed by atoms with Crippen LogP contribution >= 0.6 is 0 Å². The summed E-state index contributed by atoms with van der Waals surface area (Å²) in [6.45, 7) is 6.86. The van der Waals surface area contributed by atoms with E-state index in [2.05, 4.69) is 26.1 Å². The second-order valence-electron chi connectivity index (χ2n) is 6.36. The molecule has 1 nitrogen and oxygen atoms in total. The van der Waals surface area contributed by atoms with Crippen LogP contribution in [-0.4, -0.2) is 11.6 Å². The van der Waals surface area contributed by atoms with Crippen LogP contribution in [0, 0.1) is 11.8 Å². The highest BCUT2D eigenvalue weighted by atomic mass is 15.0. The maximum Gasteiger partial charge on any atom is 0.00991 e. The molecule has 0 radical (unpaired) electrons. The van der Waals surface area contributed by atoms with E-state index in [0.717, 1.165) is 17.9 Å². The van der Waals surface area contributed by atoms with Gasteiger partial charge in [0.15, 0.2) is 0 Å². The summed E-state index contributed by atoms with van der Waals surface area (Å²) in [5, 5.41) is 3.77. The predicted octanol–water partition coefficient (Wildman–Crippen LogP) is 3.34. The summed E-state index contributed by atoms with van der Waals surface area (Å²) in [5.41, 5.74) is 0.302. The third-order valence-corrected chi connectivity index (χ3v) is 3.93. The summed E-state index contributed by atoms with van der Waals surface area (Å²) in [5.74, 6) is 2.15. The van der Waals surface area contributed by atoms with E-state index in [1.807, 2.05) is 0 Å². The summed E-state index contributed by atoms with van der Waals surface area (Å²) >= 11 is 0. The van der Waals surface area contributed by atoms with Crippen LogP contribution in [0.1, 0.15) is 59.3 Å². The molecule has 2 saturated carbocycles. The number of fused-ring (bicyclic) bond motifs is 1. The van der Waals surface area contributed by atoms with Crippen LogP contribution in [0.5, 0.6) is 0 Å². The Morgan fingerprint density at radius 3 is 2.36 bits per heavy atom. The van der Waals surface area contributed by atoms with Crippen molar-refractivity contribution in [2.75, 3.05) is 0 Å². The van der Waals surface area contributed by atoms with Crippen LogP contribution in [0.4, 0.5) is 0 Å². The van der Waals surface area contributed by atoms with E-state index in [4.69, 9.17) is 0 Å². The van der Waals surface area contributed by atoms with E-state index in [-0.39, 0.29) is 0 Å². The fourth-order valence-corrected chi connectivity index (χ4v) is 3.45. The summed E-state index contributed by atoms with van der Waals surface area (Å²) in [6.07, 6.45) is 8.87. The molecule has 14 heavy (non-hydrogen) atoms. The Balaban J connectivity index is 1.85. The topological polar surface area (TPSA) is 12.0 Å². The molecule has 0 aromatic heterocycles. The SMILES string of the molecule is CC(C)(C)NC1CCC2CCCC2C1. The van der Waals surface area contributed by atoms with Gasteiger partial charge in [0.2, 0.25) is 0 Å². The first-order valence-electron chi connectivity index (χ1n) is 6.32. The summed E-state index contributed by atoms with van der Waals surface area (Å²) < 4.78 is 0. The molecule has 0 aromatic rings. The van der Waals surface area contributed by atoms with Crippen molar-refractivity contribution in [3.63, 3.8) is 0 Å². The van der Waals surface area contributed by atoms with Crippen LogP contribution in [0.2, 0.25) is 0 Å². The molecule has 2 rings (SSSR count). The fraction of sp³-hybridized carbons (Fsp3) is 1.00. The fourth-order valence-electron chi connectivity index (χ4n) is 3.45. The summed E-state index contributed by atoms with van der Waals surface area (Å²) in [4.78, 5) is 0. The number of hydrogen-bond acceptors (Lipinski definition) is 1. The van der Waals surface area contributed by atoms with Crippen molar-refractivity contribution in [1.29, 1.82) is 0 Å². The lowest BCUT2D eigenvalue weighted by molar-refractivity contribution is 0.200. The van der Waals surface area contributed by atoms with Gasteiger partial charge in [-0.3, -0.25) is 0 Å². The molecule has 82 valence electrons. The third kappa shape index (κ3) is 2.50. The molecular formula is C13H25N. The first-order valence-corrected chi connectivity index (χ1v) is 6.32. The zero-order valence-corrected chi connectivity index (χ0v) is 9.97. The number of nitrogens with one attached hydrogen (secondary N) is 1. The van der Waals surface area contributed by atoms with Gasteiger partial charge in [0.05, 0.1) is 0 Å². The Kier molecular flexibility index (Phi) is 2.88.